The Kier molecular flexibility index (Phi) is 3.78. The Labute approximate surface area is 101 Å². The summed E-state index contributed by atoms with van der Waals surface area (Å²) in [6.07, 6.45) is 2.16. The average molecular weight is 237 g/mol. The zero-order chi connectivity index (χ0) is 12.3. The molecule has 2 rings (SSSR count). The first-order chi connectivity index (χ1) is 8.18. The van der Waals surface area contributed by atoms with E-state index in [-0.39, 0.29) is 18.4 Å². The van der Waals surface area contributed by atoms with Crippen LogP contribution in [0.15, 0.2) is 11.1 Å². The lowest BCUT2D eigenvalue weighted by molar-refractivity contribution is -0.131. The van der Waals surface area contributed by atoms with Crippen LogP contribution in [0.4, 0.5) is 0 Å². The second-order valence-corrected chi connectivity index (χ2v) is 4.60. The maximum Gasteiger partial charge on any atom is 0.247 e. The Balaban J connectivity index is 1.77. The van der Waals surface area contributed by atoms with E-state index in [1.165, 1.54) is 0 Å². The Morgan fingerprint density at radius 1 is 1.29 bits per heavy atom. The second kappa shape index (κ2) is 5.31. The predicted molar refractivity (Wildman–Crippen MR) is 64.4 cm³/mol. The molecule has 2 heterocycles. The lowest BCUT2D eigenvalue weighted by atomic mass is 10.0. The molecule has 0 spiro atoms. The SMILES string of the molecule is CC(C(=O)NCC(=O)N1CCCC1)=C1CNC1. The van der Waals surface area contributed by atoms with Crippen molar-refractivity contribution in [2.75, 3.05) is 32.7 Å². The molecule has 2 fully saturated rings. The lowest BCUT2D eigenvalue weighted by Gasteiger charge is -2.21. The number of amides is 2. The van der Waals surface area contributed by atoms with Crippen LogP contribution in [0.2, 0.25) is 0 Å². The molecule has 0 aromatic carbocycles. The fourth-order valence-electron chi connectivity index (χ4n) is 2.04. The van der Waals surface area contributed by atoms with E-state index in [4.69, 9.17) is 0 Å². The monoisotopic (exact) mass is 237 g/mol. The first-order valence-electron chi connectivity index (χ1n) is 6.14. The number of likely N-dealkylation sites (tertiary alicyclic amines) is 1. The lowest BCUT2D eigenvalue weighted by Crippen LogP contribution is -2.41. The first-order valence-corrected chi connectivity index (χ1v) is 6.14. The van der Waals surface area contributed by atoms with Crippen LogP contribution in [0.5, 0.6) is 0 Å². The van der Waals surface area contributed by atoms with Crippen LogP contribution in [0.3, 0.4) is 0 Å². The number of nitrogens with one attached hydrogen (secondary N) is 2. The standard InChI is InChI=1S/C12H19N3O2/c1-9(10-6-13-7-10)12(17)14-8-11(16)15-4-2-3-5-15/h13H,2-8H2,1H3,(H,14,17). The van der Waals surface area contributed by atoms with Gasteiger partial charge in [-0.25, -0.2) is 0 Å². The van der Waals surface area contributed by atoms with Gasteiger partial charge in [0, 0.05) is 31.8 Å². The maximum absolute atomic E-state index is 11.7. The van der Waals surface area contributed by atoms with E-state index in [0.717, 1.165) is 50.2 Å². The predicted octanol–water partition coefficient (Wildman–Crippen LogP) is -0.355. The molecule has 5 heteroatoms. The van der Waals surface area contributed by atoms with E-state index in [0.29, 0.717) is 0 Å². The molecule has 0 saturated carbocycles. The molecule has 0 bridgehead atoms. The minimum absolute atomic E-state index is 0.0281. The van der Waals surface area contributed by atoms with Crippen LogP contribution in [0.25, 0.3) is 0 Å². The van der Waals surface area contributed by atoms with Crippen LogP contribution < -0.4 is 10.6 Å². The summed E-state index contributed by atoms with van der Waals surface area (Å²) < 4.78 is 0. The zero-order valence-electron chi connectivity index (χ0n) is 10.2. The van der Waals surface area contributed by atoms with Crippen molar-refractivity contribution >= 4 is 11.8 Å². The minimum atomic E-state index is -0.117. The van der Waals surface area contributed by atoms with E-state index >= 15 is 0 Å². The van der Waals surface area contributed by atoms with Gasteiger partial charge >= 0.3 is 0 Å². The highest BCUT2D eigenvalue weighted by molar-refractivity contribution is 5.96. The molecule has 2 aliphatic rings. The third kappa shape index (κ3) is 2.85. The summed E-state index contributed by atoms with van der Waals surface area (Å²) in [6.45, 7) is 5.18. The largest absolute Gasteiger partial charge is 0.343 e. The third-order valence-corrected chi connectivity index (χ3v) is 3.41. The molecule has 0 atom stereocenters. The van der Waals surface area contributed by atoms with Gasteiger partial charge in [-0.1, -0.05) is 0 Å². The van der Waals surface area contributed by atoms with E-state index in [1.54, 1.807) is 0 Å². The summed E-state index contributed by atoms with van der Waals surface area (Å²) in [5.41, 5.74) is 1.88. The van der Waals surface area contributed by atoms with Crippen molar-refractivity contribution in [3.8, 4) is 0 Å². The molecule has 17 heavy (non-hydrogen) atoms. The number of hydrogen-bond acceptors (Lipinski definition) is 3. The van der Waals surface area contributed by atoms with Crippen molar-refractivity contribution in [3.05, 3.63) is 11.1 Å². The average Bonchev–Trinajstić information content (AvgIpc) is 2.76. The van der Waals surface area contributed by atoms with E-state index in [9.17, 15) is 9.59 Å². The smallest absolute Gasteiger partial charge is 0.247 e. The molecule has 2 amide bonds. The first kappa shape index (κ1) is 12.1. The van der Waals surface area contributed by atoms with Crippen LogP contribution in [0.1, 0.15) is 19.8 Å². The van der Waals surface area contributed by atoms with Gasteiger partial charge < -0.3 is 15.5 Å². The summed E-state index contributed by atoms with van der Waals surface area (Å²) in [5, 5.41) is 5.79. The van der Waals surface area contributed by atoms with E-state index in [2.05, 4.69) is 10.6 Å². The Hall–Kier alpha value is -1.36. The van der Waals surface area contributed by atoms with Crippen molar-refractivity contribution in [1.29, 1.82) is 0 Å². The number of hydrogen-bond donors (Lipinski definition) is 2. The van der Waals surface area contributed by atoms with Crippen LogP contribution in [-0.4, -0.2) is 49.4 Å². The molecular formula is C12H19N3O2. The molecule has 2 aliphatic heterocycles. The summed E-state index contributed by atoms with van der Waals surface area (Å²) in [7, 11) is 0. The van der Waals surface area contributed by atoms with Crippen LogP contribution in [0, 0.1) is 0 Å². The van der Waals surface area contributed by atoms with Gasteiger partial charge in [0.25, 0.3) is 0 Å². The van der Waals surface area contributed by atoms with Crippen LogP contribution >= 0.6 is 0 Å². The number of carbonyl (C=O) groups excluding carboxylic acids is 2. The van der Waals surface area contributed by atoms with Crippen LogP contribution in [-0.2, 0) is 9.59 Å². The quantitative estimate of drug-likeness (QED) is 0.659. The van der Waals surface area contributed by atoms with Gasteiger partial charge in [0.1, 0.15) is 0 Å². The van der Waals surface area contributed by atoms with Gasteiger partial charge in [0.15, 0.2) is 0 Å². The molecule has 0 unspecified atom stereocenters. The molecule has 2 saturated heterocycles. The number of nitrogens with zero attached hydrogens (tertiary/aromatic N) is 1. The van der Waals surface area contributed by atoms with Gasteiger partial charge in [-0.05, 0) is 25.3 Å². The molecule has 0 radical (unpaired) electrons. The number of rotatable bonds is 3. The van der Waals surface area contributed by atoms with Gasteiger partial charge in [-0.3, -0.25) is 9.59 Å². The summed E-state index contributed by atoms with van der Waals surface area (Å²) in [5.74, 6) is -0.0885. The van der Waals surface area contributed by atoms with E-state index in [1.807, 2.05) is 11.8 Å². The summed E-state index contributed by atoms with van der Waals surface area (Å²) in [4.78, 5) is 25.3. The molecule has 94 valence electrons. The topological polar surface area (TPSA) is 61.4 Å². The molecule has 0 aliphatic carbocycles. The molecule has 0 aromatic rings. The molecule has 0 aromatic heterocycles. The van der Waals surface area contributed by atoms with Gasteiger partial charge in [-0.2, -0.15) is 0 Å². The summed E-state index contributed by atoms with van der Waals surface area (Å²) >= 11 is 0. The van der Waals surface area contributed by atoms with Crippen molar-refractivity contribution in [1.82, 2.24) is 15.5 Å². The van der Waals surface area contributed by atoms with Gasteiger partial charge in [0.2, 0.25) is 11.8 Å². The Bertz CT molecular complexity index is 351. The van der Waals surface area contributed by atoms with E-state index < -0.39 is 0 Å². The highest BCUT2D eigenvalue weighted by atomic mass is 16.2. The fourth-order valence-corrected chi connectivity index (χ4v) is 2.04. The molecule has 5 nitrogen and oxygen atoms in total. The zero-order valence-corrected chi connectivity index (χ0v) is 10.2. The summed E-state index contributed by atoms with van der Waals surface area (Å²) in [6, 6.07) is 0. The Morgan fingerprint density at radius 2 is 1.94 bits per heavy atom. The highest BCUT2D eigenvalue weighted by Gasteiger charge is 2.20. The second-order valence-electron chi connectivity index (χ2n) is 4.60. The van der Waals surface area contributed by atoms with Gasteiger partial charge in [-0.15, -0.1) is 0 Å². The maximum atomic E-state index is 11.7. The molecule has 2 N–H and O–H groups in total. The van der Waals surface area contributed by atoms with Gasteiger partial charge in [0.05, 0.1) is 6.54 Å². The van der Waals surface area contributed by atoms with Crippen molar-refractivity contribution in [3.63, 3.8) is 0 Å². The third-order valence-electron chi connectivity index (χ3n) is 3.41. The molecular weight excluding hydrogens is 218 g/mol. The highest BCUT2D eigenvalue weighted by Crippen LogP contribution is 2.09. The van der Waals surface area contributed by atoms with Crippen molar-refractivity contribution < 1.29 is 9.59 Å². The van der Waals surface area contributed by atoms with Crippen molar-refractivity contribution in [2.24, 2.45) is 0 Å². The number of carbonyl (C=O) groups is 2. The fraction of sp³-hybridized carbons (Fsp3) is 0.667. The Morgan fingerprint density at radius 3 is 2.47 bits per heavy atom. The van der Waals surface area contributed by atoms with Crippen molar-refractivity contribution in [2.45, 2.75) is 19.8 Å². The normalized spacial score (nSPS) is 18.9. The minimum Gasteiger partial charge on any atom is -0.343 e.